The molecule has 1 aromatic heterocycles. The largest absolute Gasteiger partial charge is 0.316 e. The van der Waals surface area contributed by atoms with Gasteiger partial charge in [0, 0.05) is 29.9 Å². The number of aryl methyl sites for hydroxylation is 1. The number of pyridine rings is 1. The molecule has 1 fully saturated rings. The second-order valence-electron chi connectivity index (χ2n) is 4.92. The van der Waals surface area contributed by atoms with Gasteiger partial charge in [-0.2, -0.15) is 0 Å². The van der Waals surface area contributed by atoms with E-state index in [1.807, 2.05) is 19.9 Å². The number of nitrogens with one attached hydrogen (secondary N) is 1. The van der Waals surface area contributed by atoms with Crippen LogP contribution < -0.4 is 5.32 Å². The Morgan fingerprint density at radius 1 is 1.50 bits per heavy atom. The molecule has 1 unspecified atom stereocenters. The normalized spacial score (nSPS) is 25.4. The van der Waals surface area contributed by atoms with Gasteiger partial charge in [0.1, 0.15) is 0 Å². The predicted molar refractivity (Wildman–Crippen MR) is 63.5 cm³/mol. The number of carbonyl (C=O) groups excluding carboxylic acids is 1. The minimum absolute atomic E-state index is 0.218. The standard InChI is InChI=1S/C13H18N2O/c1-10-6-11(8-15-7-10)12(16)13(2)4-3-5-14-9-13/h6-8,14H,3-5,9H2,1-2H3. The predicted octanol–water partition coefficient (Wildman–Crippen LogP) is 1.96. The van der Waals surface area contributed by atoms with Gasteiger partial charge in [0.15, 0.2) is 5.78 Å². The van der Waals surface area contributed by atoms with E-state index in [1.165, 1.54) is 0 Å². The van der Waals surface area contributed by atoms with E-state index in [1.54, 1.807) is 12.4 Å². The monoisotopic (exact) mass is 218 g/mol. The number of hydrogen-bond acceptors (Lipinski definition) is 3. The molecule has 0 spiro atoms. The maximum atomic E-state index is 12.4. The van der Waals surface area contributed by atoms with Crippen LogP contribution in [-0.2, 0) is 0 Å². The highest BCUT2D eigenvalue weighted by Gasteiger charge is 2.35. The molecule has 3 heteroatoms. The van der Waals surface area contributed by atoms with Crippen molar-refractivity contribution in [2.75, 3.05) is 13.1 Å². The van der Waals surface area contributed by atoms with Crippen molar-refractivity contribution in [2.45, 2.75) is 26.7 Å². The number of piperidine rings is 1. The molecule has 1 aromatic rings. The molecule has 0 amide bonds. The van der Waals surface area contributed by atoms with Gasteiger partial charge in [-0.15, -0.1) is 0 Å². The summed E-state index contributed by atoms with van der Waals surface area (Å²) in [5.41, 5.74) is 1.53. The van der Waals surface area contributed by atoms with Crippen LogP contribution in [0.2, 0.25) is 0 Å². The third-order valence-corrected chi connectivity index (χ3v) is 3.28. The fourth-order valence-corrected chi connectivity index (χ4v) is 2.28. The van der Waals surface area contributed by atoms with E-state index in [0.717, 1.165) is 37.1 Å². The lowest BCUT2D eigenvalue weighted by Gasteiger charge is -2.32. The van der Waals surface area contributed by atoms with E-state index in [9.17, 15) is 4.79 Å². The zero-order chi connectivity index (χ0) is 11.6. The van der Waals surface area contributed by atoms with Crippen LogP contribution in [0.1, 0.15) is 35.7 Å². The fraction of sp³-hybridized carbons (Fsp3) is 0.538. The molecular formula is C13H18N2O. The third-order valence-electron chi connectivity index (χ3n) is 3.28. The van der Waals surface area contributed by atoms with Crippen molar-refractivity contribution < 1.29 is 4.79 Å². The lowest BCUT2D eigenvalue weighted by molar-refractivity contribution is 0.0772. The van der Waals surface area contributed by atoms with Crippen LogP contribution in [0.15, 0.2) is 18.5 Å². The Balaban J connectivity index is 2.24. The Morgan fingerprint density at radius 3 is 2.94 bits per heavy atom. The zero-order valence-corrected chi connectivity index (χ0v) is 9.92. The number of carbonyl (C=O) groups is 1. The summed E-state index contributed by atoms with van der Waals surface area (Å²) in [6.45, 7) is 5.81. The molecule has 2 rings (SSSR count). The maximum Gasteiger partial charge on any atom is 0.171 e. The number of nitrogens with zero attached hydrogens (tertiary/aromatic N) is 1. The van der Waals surface area contributed by atoms with E-state index in [-0.39, 0.29) is 11.2 Å². The van der Waals surface area contributed by atoms with E-state index < -0.39 is 0 Å². The number of Topliss-reactive ketones (excluding diaryl/α,β-unsaturated/α-hetero) is 1. The molecule has 16 heavy (non-hydrogen) atoms. The number of ketones is 1. The minimum Gasteiger partial charge on any atom is -0.316 e. The average molecular weight is 218 g/mol. The molecule has 1 atom stereocenters. The van der Waals surface area contributed by atoms with Crippen LogP contribution in [0.5, 0.6) is 0 Å². The first-order chi connectivity index (χ1) is 7.62. The number of aromatic nitrogens is 1. The Morgan fingerprint density at radius 2 is 2.31 bits per heavy atom. The summed E-state index contributed by atoms with van der Waals surface area (Å²) in [4.78, 5) is 16.5. The van der Waals surface area contributed by atoms with Crippen LogP contribution in [0.25, 0.3) is 0 Å². The zero-order valence-electron chi connectivity index (χ0n) is 9.92. The maximum absolute atomic E-state index is 12.4. The molecule has 0 aromatic carbocycles. The lowest BCUT2D eigenvalue weighted by atomic mass is 9.76. The molecule has 1 aliphatic rings. The summed E-state index contributed by atoms with van der Waals surface area (Å²) in [6.07, 6.45) is 5.49. The van der Waals surface area contributed by atoms with Crippen molar-refractivity contribution in [2.24, 2.45) is 5.41 Å². The van der Waals surface area contributed by atoms with E-state index in [0.29, 0.717) is 0 Å². The highest BCUT2D eigenvalue weighted by atomic mass is 16.1. The van der Waals surface area contributed by atoms with Crippen molar-refractivity contribution >= 4 is 5.78 Å². The Bertz CT molecular complexity index is 395. The first-order valence-corrected chi connectivity index (χ1v) is 5.79. The smallest absolute Gasteiger partial charge is 0.171 e. The first-order valence-electron chi connectivity index (χ1n) is 5.79. The van der Waals surface area contributed by atoms with Gasteiger partial charge in [-0.1, -0.05) is 6.92 Å². The summed E-state index contributed by atoms with van der Waals surface area (Å²) >= 11 is 0. The molecular weight excluding hydrogens is 200 g/mol. The quantitative estimate of drug-likeness (QED) is 0.772. The first kappa shape index (κ1) is 11.3. The molecule has 86 valence electrons. The molecule has 0 aliphatic carbocycles. The van der Waals surface area contributed by atoms with Crippen molar-refractivity contribution in [3.8, 4) is 0 Å². The summed E-state index contributed by atoms with van der Waals surface area (Å²) in [7, 11) is 0. The van der Waals surface area contributed by atoms with E-state index >= 15 is 0 Å². The topological polar surface area (TPSA) is 42.0 Å². The molecule has 1 saturated heterocycles. The summed E-state index contributed by atoms with van der Waals surface area (Å²) in [6, 6.07) is 1.93. The summed E-state index contributed by atoms with van der Waals surface area (Å²) < 4.78 is 0. The Hall–Kier alpha value is -1.22. The van der Waals surface area contributed by atoms with Gasteiger partial charge < -0.3 is 5.32 Å². The van der Waals surface area contributed by atoms with Gasteiger partial charge in [-0.05, 0) is 37.9 Å². The minimum atomic E-state index is -0.256. The average Bonchev–Trinajstić information content (AvgIpc) is 2.29. The lowest BCUT2D eigenvalue weighted by Crippen LogP contribution is -2.43. The highest BCUT2D eigenvalue weighted by Crippen LogP contribution is 2.29. The van der Waals surface area contributed by atoms with Gasteiger partial charge in [0.05, 0.1) is 0 Å². The van der Waals surface area contributed by atoms with Crippen LogP contribution in [-0.4, -0.2) is 23.9 Å². The van der Waals surface area contributed by atoms with Crippen LogP contribution in [0, 0.1) is 12.3 Å². The van der Waals surface area contributed by atoms with Gasteiger partial charge in [0.25, 0.3) is 0 Å². The molecule has 0 radical (unpaired) electrons. The highest BCUT2D eigenvalue weighted by molar-refractivity contribution is 6.00. The SMILES string of the molecule is Cc1cncc(C(=O)C2(C)CCCNC2)c1. The number of rotatable bonds is 2. The Labute approximate surface area is 96.3 Å². The second-order valence-corrected chi connectivity index (χ2v) is 4.92. The van der Waals surface area contributed by atoms with Gasteiger partial charge in [-0.3, -0.25) is 9.78 Å². The van der Waals surface area contributed by atoms with Crippen molar-refractivity contribution in [3.63, 3.8) is 0 Å². The van der Waals surface area contributed by atoms with Crippen LogP contribution >= 0.6 is 0 Å². The molecule has 1 N–H and O–H groups in total. The van der Waals surface area contributed by atoms with Crippen LogP contribution in [0.3, 0.4) is 0 Å². The van der Waals surface area contributed by atoms with Crippen molar-refractivity contribution in [3.05, 3.63) is 29.6 Å². The Kier molecular flexibility index (Phi) is 3.06. The van der Waals surface area contributed by atoms with Crippen molar-refractivity contribution in [1.29, 1.82) is 0 Å². The van der Waals surface area contributed by atoms with Gasteiger partial charge >= 0.3 is 0 Å². The van der Waals surface area contributed by atoms with Crippen molar-refractivity contribution in [1.82, 2.24) is 10.3 Å². The summed E-state index contributed by atoms with van der Waals surface area (Å²) in [5.74, 6) is 0.218. The molecule has 0 bridgehead atoms. The second kappa shape index (κ2) is 4.34. The van der Waals surface area contributed by atoms with Crippen LogP contribution in [0.4, 0.5) is 0 Å². The molecule has 2 heterocycles. The van der Waals surface area contributed by atoms with Gasteiger partial charge in [0.2, 0.25) is 0 Å². The summed E-state index contributed by atoms with van der Waals surface area (Å²) in [5, 5.41) is 3.30. The third kappa shape index (κ3) is 2.14. The van der Waals surface area contributed by atoms with E-state index in [2.05, 4.69) is 10.3 Å². The molecule has 1 aliphatic heterocycles. The van der Waals surface area contributed by atoms with E-state index in [4.69, 9.17) is 0 Å². The molecule has 0 saturated carbocycles. The molecule has 3 nitrogen and oxygen atoms in total. The van der Waals surface area contributed by atoms with Gasteiger partial charge in [-0.25, -0.2) is 0 Å². The number of hydrogen-bond donors (Lipinski definition) is 1. The fourth-order valence-electron chi connectivity index (χ4n) is 2.28.